The topological polar surface area (TPSA) is 32.3 Å². The summed E-state index contributed by atoms with van der Waals surface area (Å²) in [7, 11) is 4.06. The second kappa shape index (κ2) is 7.47. The highest BCUT2D eigenvalue weighted by atomic mass is 32.2. The van der Waals surface area contributed by atoms with Gasteiger partial charge in [-0.2, -0.15) is 0 Å². The normalized spacial score (nSPS) is 10.8. The number of carbonyl (C=O) groups is 1. The van der Waals surface area contributed by atoms with Crippen molar-refractivity contribution in [2.45, 2.75) is 18.4 Å². The molecule has 0 saturated carbocycles. The lowest BCUT2D eigenvalue weighted by molar-refractivity contribution is 0.102. The maximum atomic E-state index is 12.5. The third kappa shape index (κ3) is 4.36. The predicted molar refractivity (Wildman–Crippen MR) is 94.7 cm³/mol. The molecule has 3 nitrogen and oxygen atoms in total. The molecular weight excluding hydrogens is 292 g/mol. The largest absolute Gasteiger partial charge is 0.322 e. The Morgan fingerprint density at radius 1 is 1.18 bits per heavy atom. The third-order valence-electron chi connectivity index (χ3n) is 3.37. The van der Waals surface area contributed by atoms with Gasteiger partial charge in [0.25, 0.3) is 5.91 Å². The molecule has 0 heterocycles. The lowest BCUT2D eigenvalue weighted by Crippen LogP contribution is -2.14. The number of thioether (sulfide) groups is 1. The molecule has 4 heteroatoms. The molecule has 0 unspecified atom stereocenters. The van der Waals surface area contributed by atoms with Gasteiger partial charge in [-0.15, -0.1) is 11.8 Å². The molecule has 0 aromatic heterocycles. The molecule has 0 aliphatic rings. The van der Waals surface area contributed by atoms with Gasteiger partial charge in [-0.25, -0.2) is 0 Å². The van der Waals surface area contributed by atoms with Crippen LogP contribution in [-0.2, 0) is 6.54 Å². The highest BCUT2D eigenvalue weighted by Gasteiger charge is 2.10. The molecule has 0 radical (unpaired) electrons. The van der Waals surface area contributed by atoms with Crippen LogP contribution >= 0.6 is 11.8 Å². The van der Waals surface area contributed by atoms with Gasteiger partial charge in [0.15, 0.2) is 0 Å². The van der Waals surface area contributed by atoms with Gasteiger partial charge in [0.05, 0.1) is 0 Å². The molecule has 0 aliphatic heterocycles. The van der Waals surface area contributed by atoms with Crippen molar-refractivity contribution < 1.29 is 4.79 Å². The highest BCUT2D eigenvalue weighted by Crippen LogP contribution is 2.20. The number of aryl methyl sites for hydroxylation is 1. The summed E-state index contributed by atoms with van der Waals surface area (Å²) in [5.41, 5.74) is 3.72. The molecule has 22 heavy (non-hydrogen) atoms. The molecule has 0 atom stereocenters. The van der Waals surface area contributed by atoms with Crippen LogP contribution in [0.1, 0.15) is 21.5 Å². The highest BCUT2D eigenvalue weighted by molar-refractivity contribution is 7.98. The monoisotopic (exact) mass is 314 g/mol. The number of amides is 1. The van der Waals surface area contributed by atoms with E-state index < -0.39 is 0 Å². The van der Waals surface area contributed by atoms with Crippen LogP contribution in [0.25, 0.3) is 0 Å². The standard InChI is InChI=1S/C18H22N2OS/c1-13-8-9-16(22-4)11-17(13)18(21)19-15-7-5-6-14(10-15)12-20(2)3/h5-11H,12H2,1-4H3,(H,19,21). The van der Waals surface area contributed by atoms with Crippen LogP contribution < -0.4 is 5.32 Å². The maximum Gasteiger partial charge on any atom is 0.255 e. The van der Waals surface area contributed by atoms with Gasteiger partial charge >= 0.3 is 0 Å². The van der Waals surface area contributed by atoms with Crippen molar-refractivity contribution in [1.82, 2.24) is 4.90 Å². The van der Waals surface area contributed by atoms with Gasteiger partial charge < -0.3 is 10.2 Å². The fraction of sp³-hybridized carbons (Fsp3) is 0.278. The number of nitrogens with zero attached hydrogens (tertiary/aromatic N) is 1. The summed E-state index contributed by atoms with van der Waals surface area (Å²) in [6.07, 6.45) is 2.01. The minimum atomic E-state index is -0.0598. The second-order valence-electron chi connectivity index (χ2n) is 5.57. The van der Waals surface area contributed by atoms with Crippen LogP contribution in [0.5, 0.6) is 0 Å². The van der Waals surface area contributed by atoms with Crippen molar-refractivity contribution in [1.29, 1.82) is 0 Å². The summed E-state index contributed by atoms with van der Waals surface area (Å²) in [5, 5.41) is 3.00. The quantitative estimate of drug-likeness (QED) is 0.846. The number of hydrogen-bond acceptors (Lipinski definition) is 3. The molecule has 2 aromatic rings. The van der Waals surface area contributed by atoms with E-state index in [9.17, 15) is 4.79 Å². The van der Waals surface area contributed by atoms with E-state index in [1.54, 1.807) is 11.8 Å². The molecule has 0 aliphatic carbocycles. The predicted octanol–water partition coefficient (Wildman–Crippen LogP) is 4.03. The Labute approximate surface area is 136 Å². The van der Waals surface area contributed by atoms with E-state index in [-0.39, 0.29) is 5.91 Å². The zero-order chi connectivity index (χ0) is 16.1. The number of carbonyl (C=O) groups excluding carboxylic acids is 1. The number of hydrogen-bond donors (Lipinski definition) is 1. The zero-order valence-electron chi connectivity index (χ0n) is 13.5. The Hall–Kier alpha value is -1.78. The van der Waals surface area contributed by atoms with Gasteiger partial charge in [-0.1, -0.05) is 18.2 Å². The average Bonchev–Trinajstić information content (AvgIpc) is 2.47. The lowest BCUT2D eigenvalue weighted by Gasteiger charge is -2.12. The molecule has 0 spiro atoms. The number of nitrogens with one attached hydrogen (secondary N) is 1. The van der Waals surface area contributed by atoms with E-state index in [2.05, 4.69) is 16.3 Å². The maximum absolute atomic E-state index is 12.5. The van der Waals surface area contributed by atoms with E-state index in [0.717, 1.165) is 28.3 Å². The SMILES string of the molecule is CSc1ccc(C)c(C(=O)Nc2cccc(CN(C)C)c2)c1. The summed E-state index contributed by atoms with van der Waals surface area (Å²) in [4.78, 5) is 15.7. The van der Waals surface area contributed by atoms with Crippen molar-refractivity contribution in [3.63, 3.8) is 0 Å². The Morgan fingerprint density at radius 2 is 1.95 bits per heavy atom. The van der Waals surface area contributed by atoms with E-state index in [1.165, 1.54) is 5.56 Å². The van der Waals surface area contributed by atoms with Crippen LogP contribution in [0, 0.1) is 6.92 Å². The third-order valence-corrected chi connectivity index (χ3v) is 4.10. The Balaban J connectivity index is 2.18. The number of benzene rings is 2. The molecule has 0 bridgehead atoms. The molecule has 2 aromatic carbocycles. The van der Waals surface area contributed by atoms with Gasteiger partial charge in [0.2, 0.25) is 0 Å². The first-order valence-electron chi connectivity index (χ1n) is 7.19. The minimum Gasteiger partial charge on any atom is -0.322 e. The summed E-state index contributed by atoms with van der Waals surface area (Å²) in [6, 6.07) is 13.9. The summed E-state index contributed by atoms with van der Waals surface area (Å²) in [6.45, 7) is 2.81. The van der Waals surface area contributed by atoms with Gasteiger partial charge in [0, 0.05) is 22.7 Å². The van der Waals surface area contributed by atoms with E-state index in [1.807, 2.05) is 63.7 Å². The molecular formula is C18H22N2OS. The first kappa shape index (κ1) is 16.6. The van der Waals surface area contributed by atoms with E-state index in [0.29, 0.717) is 0 Å². The molecule has 1 amide bonds. The van der Waals surface area contributed by atoms with Crippen LogP contribution in [0.3, 0.4) is 0 Å². The average molecular weight is 314 g/mol. The molecule has 2 rings (SSSR count). The first-order chi connectivity index (χ1) is 10.5. The van der Waals surface area contributed by atoms with E-state index >= 15 is 0 Å². The lowest BCUT2D eigenvalue weighted by atomic mass is 10.1. The van der Waals surface area contributed by atoms with Crippen LogP contribution in [0.2, 0.25) is 0 Å². The Kier molecular flexibility index (Phi) is 5.63. The van der Waals surface area contributed by atoms with Crippen LogP contribution in [-0.4, -0.2) is 31.2 Å². The number of rotatable bonds is 5. The van der Waals surface area contributed by atoms with Crippen molar-refractivity contribution >= 4 is 23.4 Å². The Morgan fingerprint density at radius 3 is 2.64 bits per heavy atom. The smallest absolute Gasteiger partial charge is 0.255 e. The van der Waals surface area contributed by atoms with Gasteiger partial charge in [0.1, 0.15) is 0 Å². The fourth-order valence-electron chi connectivity index (χ4n) is 2.28. The van der Waals surface area contributed by atoms with Crippen molar-refractivity contribution in [3.05, 3.63) is 59.2 Å². The van der Waals surface area contributed by atoms with Crippen molar-refractivity contribution in [2.24, 2.45) is 0 Å². The zero-order valence-corrected chi connectivity index (χ0v) is 14.3. The van der Waals surface area contributed by atoms with Gasteiger partial charge in [-0.05, 0) is 62.7 Å². The first-order valence-corrected chi connectivity index (χ1v) is 8.41. The van der Waals surface area contributed by atoms with Crippen molar-refractivity contribution in [3.8, 4) is 0 Å². The number of anilines is 1. The van der Waals surface area contributed by atoms with Crippen molar-refractivity contribution in [2.75, 3.05) is 25.7 Å². The summed E-state index contributed by atoms with van der Waals surface area (Å²) < 4.78 is 0. The second-order valence-corrected chi connectivity index (χ2v) is 6.45. The van der Waals surface area contributed by atoms with Crippen LogP contribution in [0.4, 0.5) is 5.69 Å². The molecule has 1 N–H and O–H groups in total. The minimum absolute atomic E-state index is 0.0598. The summed E-state index contributed by atoms with van der Waals surface area (Å²) in [5.74, 6) is -0.0598. The summed E-state index contributed by atoms with van der Waals surface area (Å²) >= 11 is 1.64. The molecule has 0 fully saturated rings. The molecule has 0 saturated heterocycles. The fourth-order valence-corrected chi connectivity index (χ4v) is 2.72. The van der Waals surface area contributed by atoms with Crippen LogP contribution in [0.15, 0.2) is 47.4 Å². The Bertz CT molecular complexity index is 668. The van der Waals surface area contributed by atoms with E-state index in [4.69, 9.17) is 0 Å². The van der Waals surface area contributed by atoms with Gasteiger partial charge in [-0.3, -0.25) is 4.79 Å². The molecule has 116 valence electrons.